The zero-order valence-electron chi connectivity index (χ0n) is 14.8. The van der Waals surface area contributed by atoms with E-state index in [0.29, 0.717) is 16.6 Å². The number of hydrogen-bond donors (Lipinski definition) is 3. The number of aliphatic hydroxyl groups is 2. The number of ether oxygens (including phenoxy) is 1. The molecule has 0 saturated carbocycles. The highest BCUT2D eigenvalue weighted by molar-refractivity contribution is 5.83. The van der Waals surface area contributed by atoms with Gasteiger partial charge in [-0.3, -0.25) is 9.78 Å². The Morgan fingerprint density at radius 1 is 1.58 bits per heavy atom. The van der Waals surface area contributed by atoms with Gasteiger partial charge in [-0.1, -0.05) is 5.92 Å². The topological polar surface area (TPSA) is 116 Å². The molecule has 1 saturated heterocycles. The first kappa shape index (κ1) is 18.1. The van der Waals surface area contributed by atoms with Gasteiger partial charge in [0, 0.05) is 26.7 Å². The second-order valence-corrected chi connectivity index (χ2v) is 6.23. The van der Waals surface area contributed by atoms with Crippen LogP contribution in [-0.2, 0) is 4.74 Å². The molecular weight excluding hydrogens is 338 g/mol. The van der Waals surface area contributed by atoms with E-state index in [2.05, 4.69) is 26.8 Å². The average Bonchev–Trinajstić information content (AvgIpc) is 3.14. The van der Waals surface area contributed by atoms with Crippen LogP contribution in [0.1, 0.15) is 25.1 Å². The molecule has 0 unspecified atom stereocenters. The number of rotatable bonds is 4. The summed E-state index contributed by atoms with van der Waals surface area (Å²) in [6.07, 6.45) is 1.40. The standard InChI is InChI=1S/C17H21N5O4/c1-4-5-10-7-22(13-6-11(24)12(8-23)26-13)15-14(10)19-17(20-16(15)25)18-9-21(2)3/h7,9,11-13,23-24H,6,8H2,1-3H3,(H,19,20,25)/b18-9+/t11-,12+,13+/m0/s1. The smallest absolute Gasteiger partial charge is 0.277 e. The molecule has 1 aliphatic rings. The number of nitrogens with one attached hydrogen (secondary N) is 1. The highest BCUT2D eigenvalue weighted by atomic mass is 16.5. The minimum absolute atomic E-state index is 0.175. The molecule has 9 nitrogen and oxygen atoms in total. The fourth-order valence-corrected chi connectivity index (χ4v) is 2.88. The zero-order chi connectivity index (χ0) is 18.8. The van der Waals surface area contributed by atoms with Gasteiger partial charge in [-0.05, 0) is 6.92 Å². The molecule has 0 bridgehead atoms. The maximum atomic E-state index is 12.7. The molecule has 3 heterocycles. The molecule has 1 aliphatic heterocycles. The second kappa shape index (κ2) is 7.29. The van der Waals surface area contributed by atoms with Crippen LogP contribution in [0.15, 0.2) is 16.0 Å². The van der Waals surface area contributed by atoms with Gasteiger partial charge in [0.15, 0.2) is 0 Å². The summed E-state index contributed by atoms with van der Waals surface area (Å²) in [5.74, 6) is 5.91. The van der Waals surface area contributed by atoms with Crippen LogP contribution in [0.2, 0.25) is 0 Å². The maximum absolute atomic E-state index is 12.7. The van der Waals surface area contributed by atoms with Crippen molar-refractivity contribution in [2.24, 2.45) is 4.99 Å². The maximum Gasteiger partial charge on any atom is 0.277 e. The summed E-state index contributed by atoms with van der Waals surface area (Å²) >= 11 is 0. The van der Waals surface area contributed by atoms with Crippen molar-refractivity contribution >= 4 is 23.3 Å². The van der Waals surface area contributed by atoms with Crippen molar-refractivity contribution in [2.45, 2.75) is 31.8 Å². The van der Waals surface area contributed by atoms with Crippen LogP contribution in [0, 0.1) is 11.8 Å². The highest BCUT2D eigenvalue weighted by Gasteiger charge is 2.35. The first-order valence-corrected chi connectivity index (χ1v) is 8.17. The van der Waals surface area contributed by atoms with Crippen LogP contribution in [0.25, 0.3) is 11.0 Å². The minimum Gasteiger partial charge on any atom is -0.394 e. The van der Waals surface area contributed by atoms with Crippen molar-refractivity contribution in [3.63, 3.8) is 0 Å². The molecule has 3 atom stereocenters. The molecule has 2 aromatic heterocycles. The summed E-state index contributed by atoms with van der Waals surface area (Å²) in [5, 5.41) is 19.3. The number of nitrogens with zero attached hydrogens (tertiary/aromatic N) is 4. The van der Waals surface area contributed by atoms with E-state index in [1.807, 2.05) is 14.1 Å². The lowest BCUT2D eigenvalue weighted by Gasteiger charge is -2.14. The molecule has 3 N–H and O–H groups in total. The molecule has 2 aromatic rings. The highest BCUT2D eigenvalue weighted by Crippen LogP contribution is 2.32. The van der Waals surface area contributed by atoms with Gasteiger partial charge < -0.3 is 24.4 Å². The van der Waals surface area contributed by atoms with E-state index in [1.165, 1.54) is 6.34 Å². The van der Waals surface area contributed by atoms with Crippen molar-refractivity contribution in [3.05, 3.63) is 22.1 Å². The summed E-state index contributed by atoms with van der Waals surface area (Å²) in [6, 6.07) is 0. The van der Waals surface area contributed by atoms with E-state index in [-0.39, 0.29) is 24.5 Å². The molecule has 138 valence electrons. The quantitative estimate of drug-likeness (QED) is 0.401. The Kier molecular flexibility index (Phi) is 5.08. The third-order valence-electron chi connectivity index (χ3n) is 4.03. The van der Waals surface area contributed by atoms with Crippen molar-refractivity contribution in [1.82, 2.24) is 19.4 Å². The summed E-state index contributed by atoms with van der Waals surface area (Å²) in [5.41, 5.74) is 0.901. The largest absolute Gasteiger partial charge is 0.394 e. The first-order valence-electron chi connectivity index (χ1n) is 8.17. The Hall–Kier alpha value is -2.67. The van der Waals surface area contributed by atoms with Crippen LogP contribution in [0.3, 0.4) is 0 Å². The summed E-state index contributed by atoms with van der Waals surface area (Å²) in [6.45, 7) is 1.40. The molecule has 0 aliphatic carbocycles. The van der Waals surface area contributed by atoms with Crippen molar-refractivity contribution in [2.75, 3.05) is 20.7 Å². The van der Waals surface area contributed by atoms with Crippen LogP contribution in [0.5, 0.6) is 0 Å². The van der Waals surface area contributed by atoms with Crippen molar-refractivity contribution in [3.8, 4) is 11.8 Å². The van der Waals surface area contributed by atoms with E-state index >= 15 is 0 Å². The molecule has 26 heavy (non-hydrogen) atoms. The lowest BCUT2D eigenvalue weighted by Crippen LogP contribution is -2.24. The molecular formula is C17H21N5O4. The van der Waals surface area contributed by atoms with Gasteiger partial charge in [-0.2, -0.15) is 0 Å². The summed E-state index contributed by atoms with van der Waals surface area (Å²) in [7, 11) is 3.62. The van der Waals surface area contributed by atoms with E-state index in [0.717, 1.165) is 0 Å². The number of fused-ring (bicyclic) bond motifs is 1. The molecule has 1 fully saturated rings. The van der Waals surface area contributed by atoms with Gasteiger partial charge in [0.05, 0.1) is 24.6 Å². The Balaban J connectivity index is 2.13. The third-order valence-corrected chi connectivity index (χ3v) is 4.03. The van der Waals surface area contributed by atoms with E-state index in [1.54, 1.807) is 22.6 Å². The number of aromatic amines is 1. The molecule has 0 aromatic carbocycles. The van der Waals surface area contributed by atoms with Crippen LogP contribution < -0.4 is 5.56 Å². The summed E-state index contributed by atoms with van der Waals surface area (Å²) < 4.78 is 7.28. The summed E-state index contributed by atoms with van der Waals surface area (Å²) in [4.78, 5) is 25.6. The van der Waals surface area contributed by atoms with Gasteiger partial charge in [0.25, 0.3) is 5.56 Å². The Morgan fingerprint density at radius 2 is 2.35 bits per heavy atom. The monoisotopic (exact) mass is 359 g/mol. The number of aromatic nitrogens is 3. The molecule has 3 rings (SSSR count). The van der Waals surface area contributed by atoms with Crippen molar-refractivity contribution in [1.29, 1.82) is 0 Å². The van der Waals surface area contributed by atoms with E-state index in [4.69, 9.17) is 4.74 Å². The van der Waals surface area contributed by atoms with Gasteiger partial charge >= 0.3 is 0 Å². The van der Waals surface area contributed by atoms with E-state index in [9.17, 15) is 15.0 Å². The van der Waals surface area contributed by atoms with Crippen LogP contribution >= 0.6 is 0 Å². The molecule has 0 radical (unpaired) electrons. The fraction of sp³-hybridized carbons (Fsp3) is 0.471. The first-order chi connectivity index (χ1) is 12.4. The normalized spacial score (nSPS) is 22.7. The molecule has 9 heteroatoms. The predicted molar refractivity (Wildman–Crippen MR) is 96.4 cm³/mol. The number of hydrogen-bond acceptors (Lipinski definition) is 6. The van der Waals surface area contributed by atoms with Crippen LogP contribution in [0.4, 0.5) is 5.95 Å². The number of aliphatic imine (C=N–C) groups is 1. The van der Waals surface area contributed by atoms with Gasteiger partial charge in [-0.25, -0.2) is 9.98 Å². The third kappa shape index (κ3) is 3.35. The second-order valence-electron chi connectivity index (χ2n) is 6.23. The lowest BCUT2D eigenvalue weighted by molar-refractivity contribution is -0.0429. The zero-order valence-corrected chi connectivity index (χ0v) is 14.8. The predicted octanol–water partition coefficient (Wildman–Crippen LogP) is -0.0419. The lowest BCUT2D eigenvalue weighted by atomic mass is 10.2. The van der Waals surface area contributed by atoms with Gasteiger partial charge in [0.1, 0.15) is 23.4 Å². The number of aliphatic hydroxyl groups excluding tert-OH is 2. The van der Waals surface area contributed by atoms with Crippen molar-refractivity contribution < 1.29 is 14.9 Å². The van der Waals surface area contributed by atoms with Gasteiger partial charge in [-0.15, -0.1) is 5.92 Å². The molecule has 0 spiro atoms. The van der Waals surface area contributed by atoms with Crippen LogP contribution in [-0.4, -0.2) is 68.9 Å². The number of H-pyrrole nitrogens is 1. The fourth-order valence-electron chi connectivity index (χ4n) is 2.88. The Morgan fingerprint density at radius 3 is 2.96 bits per heavy atom. The Labute approximate surface area is 149 Å². The minimum atomic E-state index is -0.806. The van der Waals surface area contributed by atoms with E-state index < -0.39 is 18.4 Å². The Bertz CT molecular complexity index is 950. The van der Waals surface area contributed by atoms with Gasteiger partial charge in [0.2, 0.25) is 5.95 Å². The SMILES string of the molecule is CC#Cc1cn([C@H]2C[C@H](O)[C@@H](CO)O2)c2c(=O)[nH]c(/N=C/N(C)C)nc12. The molecule has 0 amide bonds. The average molecular weight is 359 g/mol.